The molecule has 1 aliphatic heterocycles. The van der Waals surface area contributed by atoms with Crippen molar-refractivity contribution in [2.75, 3.05) is 17.2 Å². The van der Waals surface area contributed by atoms with E-state index in [1.807, 2.05) is 17.9 Å². The highest BCUT2D eigenvalue weighted by Crippen LogP contribution is 2.40. The van der Waals surface area contributed by atoms with E-state index in [-0.39, 0.29) is 11.8 Å². The van der Waals surface area contributed by atoms with Gasteiger partial charge in [-0.1, -0.05) is 13.0 Å². The second kappa shape index (κ2) is 4.01. The molecule has 0 bridgehead atoms. The summed E-state index contributed by atoms with van der Waals surface area (Å²) in [6.07, 6.45) is 3.38. The van der Waals surface area contributed by atoms with Crippen molar-refractivity contribution in [1.29, 1.82) is 0 Å². The third kappa shape index (κ3) is 1.78. The number of nitrogens with two attached hydrogens (primary N) is 1. The highest BCUT2D eigenvalue weighted by atomic mass is 16.2. The molecule has 1 saturated carbocycles. The van der Waals surface area contributed by atoms with Gasteiger partial charge in [-0.3, -0.25) is 4.79 Å². The summed E-state index contributed by atoms with van der Waals surface area (Å²) < 4.78 is 0. The first kappa shape index (κ1) is 11.6. The Morgan fingerprint density at radius 3 is 2.83 bits per heavy atom. The van der Waals surface area contributed by atoms with Gasteiger partial charge in [-0.2, -0.15) is 0 Å². The highest BCUT2D eigenvalue weighted by Gasteiger charge is 2.37. The fourth-order valence-corrected chi connectivity index (χ4v) is 2.85. The minimum Gasteiger partial charge on any atom is -0.398 e. The number of hydrogen-bond donors (Lipinski definition) is 1. The SMILES string of the molecule is Cc1cc2c(cc1N)N(C(=O)C(C)C1CC1)CC2. The highest BCUT2D eigenvalue weighted by molar-refractivity contribution is 5.97. The third-order valence-electron chi connectivity index (χ3n) is 4.35. The number of nitrogens with zero attached hydrogens (tertiary/aromatic N) is 1. The Kier molecular flexibility index (Phi) is 2.58. The number of fused-ring (bicyclic) bond motifs is 1. The van der Waals surface area contributed by atoms with Gasteiger partial charge in [-0.15, -0.1) is 0 Å². The largest absolute Gasteiger partial charge is 0.398 e. The summed E-state index contributed by atoms with van der Waals surface area (Å²) in [7, 11) is 0. The Labute approximate surface area is 108 Å². The third-order valence-corrected chi connectivity index (χ3v) is 4.35. The molecule has 3 rings (SSSR count). The summed E-state index contributed by atoms with van der Waals surface area (Å²) in [6, 6.07) is 4.09. The Hall–Kier alpha value is -1.51. The van der Waals surface area contributed by atoms with Crippen molar-refractivity contribution in [3.63, 3.8) is 0 Å². The number of benzene rings is 1. The van der Waals surface area contributed by atoms with Crippen molar-refractivity contribution in [2.24, 2.45) is 11.8 Å². The molecule has 1 heterocycles. The van der Waals surface area contributed by atoms with Crippen LogP contribution < -0.4 is 10.6 Å². The Bertz CT molecular complexity index is 505. The van der Waals surface area contributed by atoms with Crippen LogP contribution in [0.15, 0.2) is 12.1 Å². The molecule has 96 valence electrons. The monoisotopic (exact) mass is 244 g/mol. The van der Waals surface area contributed by atoms with Crippen LogP contribution in [-0.4, -0.2) is 12.5 Å². The van der Waals surface area contributed by atoms with E-state index >= 15 is 0 Å². The molecule has 2 aliphatic rings. The maximum absolute atomic E-state index is 12.5. The lowest BCUT2D eigenvalue weighted by atomic mass is 10.0. The van der Waals surface area contributed by atoms with Crippen LogP contribution in [0.1, 0.15) is 30.9 Å². The van der Waals surface area contributed by atoms with E-state index in [1.165, 1.54) is 18.4 Å². The second-order valence-electron chi connectivity index (χ2n) is 5.70. The molecule has 0 aromatic heterocycles. The number of hydrogen-bond acceptors (Lipinski definition) is 2. The Balaban J connectivity index is 1.89. The number of aryl methyl sites for hydroxylation is 1. The van der Waals surface area contributed by atoms with Crippen molar-refractivity contribution >= 4 is 17.3 Å². The van der Waals surface area contributed by atoms with E-state index < -0.39 is 0 Å². The maximum Gasteiger partial charge on any atom is 0.230 e. The number of amides is 1. The summed E-state index contributed by atoms with van der Waals surface area (Å²) in [4.78, 5) is 14.4. The molecular weight excluding hydrogens is 224 g/mol. The predicted molar refractivity (Wildman–Crippen MR) is 73.5 cm³/mol. The van der Waals surface area contributed by atoms with Crippen molar-refractivity contribution in [2.45, 2.75) is 33.1 Å². The van der Waals surface area contributed by atoms with Gasteiger partial charge in [0.1, 0.15) is 0 Å². The first-order valence-electron chi connectivity index (χ1n) is 6.78. The minimum atomic E-state index is 0.165. The molecule has 0 spiro atoms. The molecule has 1 aromatic carbocycles. The fourth-order valence-electron chi connectivity index (χ4n) is 2.85. The summed E-state index contributed by atoms with van der Waals surface area (Å²) in [5, 5.41) is 0. The van der Waals surface area contributed by atoms with Gasteiger partial charge in [-0.05, 0) is 49.3 Å². The molecule has 0 radical (unpaired) electrons. The Morgan fingerprint density at radius 2 is 2.17 bits per heavy atom. The first-order chi connectivity index (χ1) is 8.58. The van der Waals surface area contributed by atoms with E-state index in [2.05, 4.69) is 13.0 Å². The lowest BCUT2D eigenvalue weighted by Crippen LogP contribution is -2.34. The van der Waals surface area contributed by atoms with E-state index in [0.29, 0.717) is 5.92 Å². The molecule has 1 aromatic rings. The molecule has 1 unspecified atom stereocenters. The molecule has 1 fully saturated rings. The zero-order valence-electron chi connectivity index (χ0n) is 11.1. The number of carbonyl (C=O) groups excluding carboxylic acids is 1. The summed E-state index contributed by atoms with van der Waals surface area (Å²) >= 11 is 0. The maximum atomic E-state index is 12.5. The van der Waals surface area contributed by atoms with Gasteiger partial charge in [0, 0.05) is 23.8 Å². The van der Waals surface area contributed by atoms with Gasteiger partial charge in [-0.25, -0.2) is 0 Å². The standard InChI is InChI=1S/C15H20N2O/c1-9-7-12-5-6-17(14(12)8-13(9)16)15(18)10(2)11-3-4-11/h7-8,10-11H,3-6,16H2,1-2H3. The zero-order chi connectivity index (χ0) is 12.9. The van der Waals surface area contributed by atoms with E-state index in [0.717, 1.165) is 29.9 Å². The normalized spacial score (nSPS) is 19.8. The molecule has 1 aliphatic carbocycles. The van der Waals surface area contributed by atoms with Crippen LogP contribution in [-0.2, 0) is 11.2 Å². The van der Waals surface area contributed by atoms with Crippen LogP contribution in [0.4, 0.5) is 11.4 Å². The van der Waals surface area contributed by atoms with E-state index in [9.17, 15) is 4.79 Å². The minimum absolute atomic E-state index is 0.165. The van der Waals surface area contributed by atoms with Gasteiger partial charge in [0.05, 0.1) is 0 Å². The molecule has 2 N–H and O–H groups in total. The quantitative estimate of drug-likeness (QED) is 0.812. The van der Waals surface area contributed by atoms with Gasteiger partial charge in [0.15, 0.2) is 0 Å². The lowest BCUT2D eigenvalue weighted by molar-refractivity contribution is -0.122. The van der Waals surface area contributed by atoms with Gasteiger partial charge >= 0.3 is 0 Å². The number of nitrogen functional groups attached to an aromatic ring is 1. The number of anilines is 2. The predicted octanol–water partition coefficient (Wildman–Crippen LogP) is 2.51. The molecule has 1 atom stereocenters. The zero-order valence-corrected chi connectivity index (χ0v) is 11.1. The van der Waals surface area contributed by atoms with Crippen molar-refractivity contribution in [1.82, 2.24) is 0 Å². The van der Waals surface area contributed by atoms with Crippen LogP contribution >= 0.6 is 0 Å². The van der Waals surface area contributed by atoms with Crippen LogP contribution in [0.25, 0.3) is 0 Å². The van der Waals surface area contributed by atoms with Crippen LogP contribution in [0.2, 0.25) is 0 Å². The van der Waals surface area contributed by atoms with Gasteiger partial charge in [0.2, 0.25) is 5.91 Å². The average Bonchev–Trinajstić information content (AvgIpc) is 3.11. The molecule has 0 saturated heterocycles. The van der Waals surface area contributed by atoms with Gasteiger partial charge < -0.3 is 10.6 Å². The van der Waals surface area contributed by atoms with Crippen LogP contribution in [0, 0.1) is 18.8 Å². The van der Waals surface area contributed by atoms with Crippen LogP contribution in [0.3, 0.4) is 0 Å². The van der Waals surface area contributed by atoms with Crippen LogP contribution in [0.5, 0.6) is 0 Å². The van der Waals surface area contributed by atoms with E-state index in [1.54, 1.807) is 0 Å². The Morgan fingerprint density at radius 1 is 1.44 bits per heavy atom. The topological polar surface area (TPSA) is 46.3 Å². The first-order valence-corrected chi connectivity index (χ1v) is 6.78. The smallest absolute Gasteiger partial charge is 0.230 e. The average molecular weight is 244 g/mol. The van der Waals surface area contributed by atoms with Crippen molar-refractivity contribution < 1.29 is 4.79 Å². The summed E-state index contributed by atoms with van der Waals surface area (Å²) in [6.45, 7) is 4.90. The second-order valence-corrected chi connectivity index (χ2v) is 5.70. The molecular formula is C15H20N2O. The number of carbonyl (C=O) groups is 1. The lowest BCUT2D eigenvalue weighted by Gasteiger charge is -2.22. The van der Waals surface area contributed by atoms with E-state index in [4.69, 9.17) is 5.73 Å². The molecule has 1 amide bonds. The fraction of sp³-hybridized carbons (Fsp3) is 0.533. The molecule has 3 nitrogen and oxygen atoms in total. The molecule has 3 heteroatoms. The summed E-state index contributed by atoms with van der Waals surface area (Å²) in [5.41, 5.74) is 10.2. The summed E-state index contributed by atoms with van der Waals surface area (Å²) in [5.74, 6) is 1.06. The van der Waals surface area contributed by atoms with Crippen molar-refractivity contribution in [3.05, 3.63) is 23.3 Å². The number of rotatable bonds is 2. The van der Waals surface area contributed by atoms with Crippen molar-refractivity contribution in [3.8, 4) is 0 Å². The van der Waals surface area contributed by atoms with Gasteiger partial charge in [0.25, 0.3) is 0 Å². The molecule has 18 heavy (non-hydrogen) atoms.